The highest BCUT2D eigenvalue weighted by molar-refractivity contribution is 7.92. The summed E-state index contributed by atoms with van der Waals surface area (Å²) >= 11 is 0. The molecule has 117 heavy (non-hydrogen) atoms. The van der Waals surface area contributed by atoms with E-state index < -0.39 is 49.7 Å². The summed E-state index contributed by atoms with van der Waals surface area (Å²) in [5.74, 6) is 1.92. The Balaban J connectivity index is 0.000000126. The van der Waals surface area contributed by atoms with Gasteiger partial charge in [0.05, 0.1) is 58.3 Å². The molecule has 3 aliphatic carbocycles. The normalized spacial score (nSPS) is 12.8. The SMILES string of the molecule is COc1ccc(Cn2c(Nc3c(-c4ccncc4)ccc4c3CCC4)nnc2S(=O)(=O)c2ccccc2)cc1.COc1ccc(Cn2c(S(=O)(=O)c3ccccc3)nnc2S(=O)(=O)c2ccccc2)cc1.Nc1c(-c2ccncc2)ccc2c1CCC2.O=S(=O)(c1ccccc1)c1nc(Nc2c(-c3ccncc3)ccc3c2CCC3)n[nH]1. The molecule has 18 rings (SSSR count). The first-order valence-electron chi connectivity index (χ1n) is 37.6. The number of hydrogen-bond acceptors (Lipinski definition) is 22. The summed E-state index contributed by atoms with van der Waals surface area (Å²) in [5, 5.41) is 28.5. The lowest BCUT2D eigenvalue weighted by atomic mass is 9.98. The van der Waals surface area contributed by atoms with Crippen LogP contribution in [0, 0.1) is 0 Å². The van der Waals surface area contributed by atoms with Crippen molar-refractivity contribution in [3.63, 3.8) is 0 Å². The number of benzene rings is 9. The van der Waals surface area contributed by atoms with Crippen LogP contribution in [0.25, 0.3) is 33.4 Å². The van der Waals surface area contributed by atoms with Crippen molar-refractivity contribution >= 4 is 68.3 Å². The largest absolute Gasteiger partial charge is 0.497 e. The van der Waals surface area contributed by atoms with E-state index in [1.54, 1.807) is 146 Å². The average Bonchev–Trinajstić information content (AvgIpc) is 1.62. The lowest BCUT2D eigenvalue weighted by molar-refractivity contribution is 0.414. The molecule has 6 aromatic heterocycles. The van der Waals surface area contributed by atoms with E-state index in [0.29, 0.717) is 17.3 Å². The van der Waals surface area contributed by atoms with Crippen molar-refractivity contribution in [1.82, 2.24) is 59.7 Å². The van der Waals surface area contributed by atoms with Crippen molar-refractivity contribution in [3.05, 3.63) is 324 Å². The summed E-state index contributed by atoms with van der Waals surface area (Å²) in [6, 6.07) is 71.0. The van der Waals surface area contributed by atoms with Gasteiger partial charge >= 0.3 is 0 Å². The molecule has 29 heteroatoms. The molecule has 3 aliphatic rings. The van der Waals surface area contributed by atoms with Crippen LogP contribution in [0.4, 0.5) is 29.0 Å². The molecule has 0 atom stereocenters. The number of pyridine rings is 3. The number of hydrogen-bond donors (Lipinski definition) is 4. The van der Waals surface area contributed by atoms with Crippen LogP contribution >= 0.6 is 0 Å². The highest BCUT2D eigenvalue weighted by Crippen LogP contribution is 2.42. The molecule has 0 bridgehead atoms. The van der Waals surface area contributed by atoms with Crippen molar-refractivity contribution < 1.29 is 43.1 Å². The van der Waals surface area contributed by atoms with Crippen LogP contribution in [-0.4, -0.2) is 108 Å². The Morgan fingerprint density at radius 2 is 0.726 bits per heavy atom. The number of rotatable bonds is 21. The molecule has 5 N–H and O–H groups in total. The van der Waals surface area contributed by atoms with E-state index in [-0.39, 0.29) is 48.9 Å². The third kappa shape index (κ3) is 17.1. The fourth-order valence-electron chi connectivity index (χ4n) is 14.5. The predicted octanol–water partition coefficient (Wildman–Crippen LogP) is 15.2. The average molecular weight is 1630 g/mol. The van der Waals surface area contributed by atoms with E-state index >= 15 is 0 Å². The molecule has 0 spiro atoms. The second-order valence-electron chi connectivity index (χ2n) is 27.6. The highest BCUT2D eigenvalue weighted by Gasteiger charge is 2.35. The topological polar surface area (TPSA) is 347 Å². The fraction of sp³-hybridized carbons (Fsp3) is 0.148. The Morgan fingerprint density at radius 3 is 1.15 bits per heavy atom. The minimum atomic E-state index is -4.12. The first-order chi connectivity index (χ1) is 56.9. The van der Waals surface area contributed by atoms with E-state index in [9.17, 15) is 33.7 Å². The zero-order chi connectivity index (χ0) is 81.1. The Bertz CT molecular complexity index is 6420. The number of sulfone groups is 4. The molecule has 0 saturated heterocycles. The number of nitrogen functional groups attached to an aromatic ring is 1. The zero-order valence-corrected chi connectivity index (χ0v) is 66.8. The smallest absolute Gasteiger partial charge is 0.256 e. The number of anilines is 5. The standard InChI is InChI=1S/C30H27N5O3S.C22H19N5O2S.C22H19N3O5S2.C14H14N2/c1-38-24-13-10-21(11-14-24)20-35-29(33-34-30(35)39(36,37)25-7-3-2-4-8-25)32-28-26-9-5-6-22(26)12-15-27(28)23-16-18-31-19-17-23;28-30(29,17-6-2-1-3-7-17)22-25-21(26-27-22)24-20-18-8-4-5-15(18)9-10-19(20)16-11-13-23-14-12-16;1-30-18-14-12-17(13-15-18)16-25-21(31(26,27)19-8-4-2-5-9-19)23-24-22(25)32(28,29)20-10-6-3-7-11-20;15-14-12-3-1-2-10(12)4-5-13(14)11-6-8-16-9-7-11/h2-4,7-8,10-19H,5-6,9,20H2,1H3,(H,32,33);1-3,6-7,9-14H,4-5,8H2,(H2,24,25,26,27);2-15H,16H2,1H3;4-9H,1-3,15H2. The minimum absolute atomic E-state index is 0.00737. The molecule has 0 aliphatic heterocycles. The molecule has 590 valence electrons. The maximum absolute atomic E-state index is 13.7. The van der Waals surface area contributed by atoms with Crippen molar-refractivity contribution in [2.75, 3.05) is 30.6 Å². The number of nitrogens with one attached hydrogen (secondary N) is 3. The van der Waals surface area contributed by atoms with Gasteiger partial charge in [-0.3, -0.25) is 24.1 Å². The Hall–Kier alpha value is -13.4. The molecule has 0 fully saturated rings. The number of H-pyrrole nitrogens is 1. The summed E-state index contributed by atoms with van der Waals surface area (Å²) < 4.78 is 119. The molecule has 15 aromatic rings. The fourth-order valence-corrected chi connectivity index (χ4v) is 19.6. The molecule has 6 heterocycles. The Labute approximate surface area is 677 Å². The lowest BCUT2D eigenvalue weighted by Crippen LogP contribution is -2.17. The van der Waals surface area contributed by atoms with Gasteiger partial charge in [-0.1, -0.05) is 133 Å². The molecular weight excluding hydrogens is 1560 g/mol. The van der Waals surface area contributed by atoms with Crippen molar-refractivity contribution in [1.29, 1.82) is 0 Å². The Morgan fingerprint density at radius 1 is 0.376 bits per heavy atom. The van der Waals surface area contributed by atoms with Gasteiger partial charge in [-0.05, 0) is 228 Å². The molecular formula is C88H79N15O10S4. The molecule has 0 amide bonds. The van der Waals surface area contributed by atoms with Gasteiger partial charge in [-0.2, -0.15) is 4.98 Å². The highest BCUT2D eigenvalue weighted by atomic mass is 32.2. The van der Waals surface area contributed by atoms with Crippen LogP contribution in [0.1, 0.15) is 63.8 Å². The van der Waals surface area contributed by atoms with Crippen molar-refractivity contribution in [2.24, 2.45) is 0 Å². The first-order valence-corrected chi connectivity index (χ1v) is 43.5. The lowest BCUT2D eigenvalue weighted by Gasteiger charge is -2.18. The molecule has 25 nitrogen and oxygen atoms in total. The number of aromatic amines is 1. The number of nitrogens with two attached hydrogens (primary N) is 1. The van der Waals surface area contributed by atoms with Gasteiger partial charge in [0.25, 0.3) is 15.5 Å². The van der Waals surface area contributed by atoms with Crippen molar-refractivity contribution in [2.45, 2.75) is 111 Å². The van der Waals surface area contributed by atoms with Crippen LogP contribution in [0.5, 0.6) is 11.5 Å². The van der Waals surface area contributed by atoms with E-state index in [0.717, 1.165) is 111 Å². The monoisotopic (exact) mass is 1630 g/mol. The number of aromatic nitrogens is 12. The van der Waals surface area contributed by atoms with Crippen LogP contribution < -0.4 is 25.8 Å². The van der Waals surface area contributed by atoms with E-state index in [2.05, 4.69) is 97.6 Å². The second kappa shape index (κ2) is 34.8. The van der Waals surface area contributed by atoms with Gasteiger partial charge in [0.1, 0.15) is 11.5 Å². The minimum Gasteiger partial charge on any atom is -0.497 e. The third-order valence-corrected chi connectivity index (χ3v) is 27.0. The van der Waals surface area contributed by atoms with E-state index in [4.69, 9.17) is 15.2 Å². The van der Waals surface area contributed by atoms with Gasteiger partial charge in [0, 0.05) is 59.6 Å². The molecule has 0 unspecified atom stereocenters. The molecule has 0 saturated carbocycles. The maximum atomic E-state index is 13.7. The summed E-state index contributed by atoms with van der Waals surface area (Å²) in [5.41, 5.74) is 24.7. The number of aryl methyl sites for hydroxylation is 3. The summed E-state index contributed by atoms with van der Waals surface area (Å²) in [6.07, 6.45) is 20.3. The van der Waals surface area contributed by atoms with Gasteiger partial charge in [-0.25, -0.2) is 38.8 Å². The van der Waals surface area contributed by atoms with Gasteiger partial charge in [0.2, 0.25) is 56.4 Å². The number of methoxy groups -OCH3 is 2. The summed E-state index contributed by atoms with van der Waals surface area (Å²) in [6.45, 7) is 0.181. The summed E-state index contributed by atoms with van der Waals surface area (Å²) in [7, 11) is -12.8. The molecule has 0 radical (unpaired) electrons. The number of nitrogens with zero attached hydrogens (tertiary/aromatic N) is 11. The van der Waals surface area contributed by atoms with Gasteiger partial charge in [-0.15, -0.1) is 25.5 Å². The maximum Gasteiger partial charge on any atom is 0.256 e. The predicted molar refractivity (Wildman–Crippen MR) is 444 cm³/mol. The van der Waals surface area contributed by atoms with Gasteiger partial charge in [0.15, 0.2) is 0 Å². The Kier molecular flexibility index (Phi) is 23.5. The first kappa shape index (κ1) is 78.9. The van der Waals surface area contributed by atoms with E-state index in [1.165, 1.54) is 89.7 Å². The summed E-state index contributed by atoms with van der Waals surface area (Å²) in [4.78, 5) is 16.9. The zero-order valence-electron chi connectivity index (χ0n) is 63.5. The number of ether oxygens (including phenoxy) is 2. The third-order valence-electron chi connectivity index (χ3n) is 20.4. The van der Waals surface area contributed by atoms with E-state index in [1.807, 2.05) is 73.1 Å². The molecule has 9 aromatic carbocycles. The van der Waals surface area contributed by atoms with Crippen molar-refractivity contribution in [3.8, 4) is 44.9 Å². The van der Waals surface area contributed by atoms with Crippen LogP contribution in [0.15, 0.2) is 320 Å². The van der Waals surface area contributed by atoms with Crippen LogP contribution in [0.2, 0.25) is 0 Å². The van der Waals surface area contributed by atoms with Crippen LogP contribution in [-0.2, 0) is 91.0 Å². The second-order valence-corrected chi connectivity index (χ2v) is 35.0. The number of fused-ring (bicyclic) bond motifs is 3. The van der Waals surface area contributed by atoms with Gasteiger partial charge < -0.3 is 25.8 Å². The quantitative estimate of drug-likeness (QED) is 0.0485. The van der Waals surface area contributed by atoms with Crippen LogP contribution in [0.3, 0.4) is 0 Å².